The predicted molar refractivity (Wildman–Crippen MR) is 80.3 cm³/mol. The number of hydrogen-bond acceptors (Lipinski definition) is 3. The summed E-state index contributed by atoms with van der Waals surface area (Å²) < 4.78 is 5.31. The van der Waals surface area contributed by atoms with Crippen LogP contribution in [0.15, 0.2) is 30.3 Å². The molecule has 0 spiro atoms. The molecule has 1 atom stereocenters. The predicted octanol–water partition coefficient (Wildman–Crippen LogP) is 2.44. The van der Waals surface area contributed by atoms with Gasteiger partial charge in [-0.25, -0.2) is 4.79 Å². The molecule has 0 aliphatic carbocycles. The van der Waals surface area contributed by atoms with Gasteiger partial charge in [0.1, 0.15) is 12.6 Å². The fourth-order valence-corrected chi connectivity index (χ4v) is 2.57. The minimum Gasteiger partial charge on any atom is -0.445 e. The first-order valence-electron chi connectivity index (χ1n) is 7.41. The van der Waals surface area contributed by atoms with Crippen LogP contribution in [0, 0.1) is 0 Å². The Morgan fingerprint density at radius 1 is 1.27 bits per heavy atom. The van der Waals surface area contributed by atoms with Gasteiger partial charge in [0.2, 0.25) is 0 Å². The Hall–Kier alpha value is -2.46. The van der Waals surface area contributed by atoms with E-state index in [-0.39, 0.29) is 12.4 Å². The molecule has 0 aromatic heterocycles. The van der Waals surface area contributed by atoms with Crippen LogP contribution in [-0.2, 0) is 16.1 Å². The Balaban J connectivity index is 2.03. The summed E-state index contributed by atoms with van der Waals surface area (Å²) >= 11 is 0. The van der Waals surface area contributed by atoms with Gasteiger partial charge in [-0.1, -0.05) is 43.2 Å². The second kappa shape index (κ2) is 8.10. The molecule has 22 heavy (non-hydrogen) atoms. The highest BCUT2D eigenvalue weighted by atomic mass is 16.6. The molecule has 1 aromatic rings. The number of ketones is 1. The van der Waals surface area contributed by atoms with Crippen molar-refractivity contribution in [2.45, 2.75) is 38.3 Å². The molecule has 0 saturated carbocycles. The van der Waals surface area contributed by atoms with Crippen LogP contribution < -0.4 is 0 Å². The zero-order chi connectivity index (χ0) is 15.8. The SMILES string of the molecule is [N-]=[N+]=CC(=O)[C@@H]1CCCCCN1C(=O)OCc1ccccc1. The van der Waals surface area contributed by atoms with Gasteiger partial charge < -0.3 is 10.3 Å². The normalized spacial score (nSPS) is 18.0. The summed E-state index contributed by atoms with van der Waals surface area (Å²) in [5, 5.41) is 0. The van der Waals surface area contributed by atoms with Crippen LogP contribution >= 0.6 is 0 Å². The molecule has 6 nitrogen and oxygen atoms in total. The monoisotopic (exact) mass is 301 g/mol. The van der Waals surface area contributed by atoms with E-state index in [1.807, 2.05) is 30.3 Å². The van der Waals surface area contributed by atoms with Gasteiger partial charge in [0.15, 0.2) is 0 Å². The average Bonchev–Trinajstić information content (AvgIpc) is 2.80. The van der Waals surface area contributed by atoms with E-state index in [1.165, 1.54) is 4.90 Å². The summed E-state index contributed by atoms with van der Waals surface area (Å²) in [5.41, 5.74) is 9.42. The molecular formula is C16H19N3O3. The van der Waals surface area contributed by atoms with Crippen molar-refractivity contribution in [3.8, 4) is 0 Å². The highest BCUT2D eigenvalue weighted by molar-refractivity contribution is 6.28. The van der Waals surface area contributed by atoms with E-state index in [9.17, 15) is 9.59 Å². The van der Waals surface area contributed by atoms with Gasteiger partial charge in [-0.05, 0) is 18.4 Å². The van der Waals surface area contributed by atoms with Crippen molar-refractivity contribution in [1.29, 1.82) is 0 Å². The number of benzene rings is 1. The smallest absolute Gasteiger partial charge is 0.410 e. The van der Waals surface area contributed by atoms with E-state index >= 15 is 0 Å². The number of hydrogen-bond donors (Lipinski definition) is 0. The molecule has 6 heteroatoms. The van der Waals surface area contributed by atoms with E-state index in [2.05, 4.69) is 4.79 Å². The molecule has 0 N–H and O–H groups in total. The van der Waals surface area contributed by atoms with E-state index in [0.717, 1.165) is 31.0 Å². The molecule has 1 heterocycles. The van der Waals surface area contributed by atoms with Crippen molar-refractivity contribution in [1.82, 2.24) is 4.90 Å². The van der Waals surface area contributed by atoms with Crippen molar-refractivity contribution in [2.24, 2.45) is 0 Å². The summed E-state index contributed by atoms with van der Waals surface area (Å²) in [6.07, 6.45) is 3.57. The Bertz CT molecular complexity index is 567. The van der Waals surface area contributed by atoms with Gasteiger partial charge in [0, 0.05) is 6.54 Å². The first-order chi connectivity index (χ1) is 10.7. The van der Waals surface area contributed by atoms with Gasteiger partial charge in [0.05, 0.1) is 0 Å². The van der Waals surface area contributed by atoms with Gasteiger partial charge in [-0.15, -0.1) is 0 Å². The molecule has 2 rings (SSSR count). The van der Waals surface area contributed by atoms with Crippen molar-refractivity contribution in [3.05, 3.63) is 41.4 Å². The molecule has 1 fully saturated rings. The number of carbonyl (C=O) groups excluding carboxylic acids is 2. The average molecular weight is 301 g/mol. The summed E-state index contributed by atoms with van der Waals surface area (Å²) in [7, 11) is 0. The van der Waals surface area contributed by atoms with E-state index in [4.69, 9.17) is 10.3 Å². The number of ether oxygens (including phenoxy) is 1. The molecule has 1 aromatic carbocycles. The lowest BCUT2D eigenvalue weighted by molar-refractivity contribution is -0.120. The second-order valence-electron chi connectivity index (χ2n) is 5.25. The van der Waals surface area contributed by atoms with Crippen molar-refractivity contribution < 1.29 is 19.1 Å². The number of carbonyl (C=O) groups is 2. The van der Waals surface area contributed by atoms with E-state index in [0.29, 0.717) is 13.0 Å². The molecule has 1 aliphatic heterocycles. The van der Waals surface area contributed by atoms with Crippen molar-refractivity contribution >= 4 is 18.1 Å². The Kier molecular flexibility index (Phi) is 5.86. The Morgan fingerprint density at radius 2 is 2.05 bits per heavy atom. The van der Waals surface area contributed by atoms with E-state index < -0.39 is 12.1 Å². The fraction of sp³-hybridized carbons (Fsp3) is 0.438. The summed E-state index contributed by atoms with van der Waals surface area (Å²) in [6, 6.07) is 8.77. The lowest BCUT2D eigenvalue weighted by atomic mass is 10.1. The van der Waals surface area contributed by atoms with Crippen molar-refractivity contribution in [3.63, 3.8) is 0 Å². The van der Waals surface area contributed by atoms with Crippen LogP contribution in [0.5, 0.6) is 0 Å². The fourth-order valence-electron chi connectivity index (χ4n) is 2.57. The maximum atomic E-state index is 12.3. The number of Topliss-reactive ketones (excluding diaryl/α,β-unsaturated/α-hetero) is 1. The summed E-state index contributed by atoms with van der Waals surface area (Å²) in [5.74, 6) is -0.374. The quantitative estimate of drug-likeness (QED) is 0.486. The lowest BCUT2D eigenvalue weighted by Gasteiger charge is -2.26. The van der Waals surface area contributed by atoms with Gasteiger partial charge in [0.25, 0.3) is 5.78 Å². The maximum absolute atomic E-state index is 12.3. The number of rotatable bonds is 4. The van der Waals surface area contributed by atoms with Gasteiger partial charge in [-0.3, -0.25) is 9.69 Å². The van der Waals surface area contributed by atoms with Crippen LogP contribution in [0.4, 0.5) is 4.79 Å². The highest BCUT2D eigenvalue weighted by Crippen LogP contribution is 2.18. The van der Waals surface area contributed by atoms with Crippen LogP contribution in [0.2, 0.25) is 0 Å². The molecule has 1 saturated heterocycles. The number of amides is 1. The topological polar surface area (TPSA) is 83.0 Å². The highest BCUT2D eigenvalue weighted by Gasteiger charge is 2.32. The molecule has 1 aliphatic rings. The van der Waals surface area contributed by atoms with Crippen molar-refractivity contribution in [2.75, 3.05) is 6.54 Å². The standard InChI is InChI=1S/C16H19N3O3/c17-18-11-15(20)14-9-5-2-6-10-19(14)16(21)22-12-13-7-3-1-4-8-13/h1,3-4,7-8,11,14H,2,5-6,9-10,12H2/t14-/m0/s1. The largest absolute Gasteiger partial charge is 0.445 e. The molecule has 1 amide bonds. The zero-order valence-corrected chi connectivity index (χ0v) is 12.4. The Labute approximate surface area is 129 Å². The third kappa shape index (κ3) is 4.27. The molecule has 0 unspecified atom stereocenters. The van der Waals surface area contributed by atoms with E-state index in [1.54, 1.807) is 0 Å². The maximum Gasteiger partial charge on any atom is 0.410 e. The minimum absolute atomic E-state index is 0.172. The number of likely N-dealkylation sites (tertiary alicyclic amines) is 1. The van der Waals surface area contributed by atoms with Gasteiger partial charge in [-0.2, -0.15) is 4.79 Å². The third-order valence-electron chi connectivity index (χ3n) is 3.71. The number of nitrogens with zero attached hydrogens (tertiary/aromatic N) is 3. The minimum atomic E-state index is -0.610. The molecule has 116 valence electrons. The first kappa shape index (κ1) is 15.9. The zero-order valence-electron chi connectivity index (χ0n) is 12.4. The second-order valence-corrected chi connectivity index (χ2v) is 5.25. The Morgan fingerprint density at radius 3 is 2.77 bits per heavy atom. The first-order valence-corrected chi connectivity index (χ1v) is 7.41. The van der Waals surface area contributed by atoms with Crippen LogP contribution in [0.3, 0.4) is 0 Å². The summed E-state index contributed by atoms with van der Waals surface area (Å²) in [4.78, 5) is 28.5. The lowest BCUT2D eigenvalue weighted by Crippen LogP contribution is -2.45. The van der Waals surface area contributed by atoms with Crippen LogP contribution in [-0.4, -0.2) is 40.4 Å². The molecule has 0 radical (unpaired) electrons. The molecule has 0 bridgehead atoms. The third-order valence-corrected chi connectivity index (χ3v) is 3.71. The van der Waals surface area contributed by atoms with Gasteiger partial charge >= 0.3 is 12.3 Å². The van der Waals surface area contributed by atoms with Crippen LogP contribution in [0.1, 0.15) is 31.2 Å². The van der Waals surface area contributed by atoms with Crippen LogP contribution in [0.25, 0.3) is 5.53 Å². The molecular weight excluding hydrogens is 282 g/mol. The summed E-state index contributed by atoms with van der Waals surface area (Å²) in [6.45, 7) is 0.647.